The first kappa shape index (κ1) is 23.9. The highest BCUT2D eigenvalue weighted by atomic mass is 32.2. The van der Waals surface area contributed by atoms with Crippen LogP contribution in [0.25, 0.3) is 0 Å². The zero-order chi connectivity index (χ0) is 23.0. The average Bonchev–Trinajstić information content (AvgIpc) is 3.23. The molecule has 0 aliphatic carbocycles. The van der Waals surface area contributed by atoms with Crippen LogP contribution in [-0.2, 0) is 38.5 Å². The second-order valence-electron chi connectivity index (χ2n) is 8.23. The van der Waals surface area contributed by atoms with Crippen molar-refractivity contribution in [2.45, 2.75) is 68.5 Å². The lowest BCUT2D eigenvalue weighted by Gasteiger charge is -2.28. The standard InChI is InChI=1S/C20H29NO9S/c1-19(2)27-11-14(28-19)16-17(30-20(3,4)29-16)15(18(22)26-6)21-31(23,24)13-9-7-12(25-5)8-10-13/h7-10,14-17,21H,11H2,1-6H3/t14-,15+,16-,17-/m0/s1. The number of nitrogens with one attached hydrogen (secondary N) is 1. The molecule has 0 bridgehead atoms. The van der Waals surface area contributed by atoms with Crippen molar-refractivity contribution in [1.82, 2.24) is 4.72 Å². The van der Waals surface area contributed by atoms with Crippen LogP contribution in [-0.4, -0.2) is 71.1 Å². The van der Waals surface area contributed by atoms with Gasteiger partial charge >= 0.3 is 5.97 Å². The van der Waals surface area contributed by atoms with E-state index in [4.69, 9.17) is 28.4 Å². The molecule has 0 saturated carbocycles. The van der Waals surface area contributed by atoms with Crippen molar-refractivity contribution in [3.63, 3.8) is 0 Å². The predicted octanol–water partition coefficient (Wildman–Crippen LogP) is 1.19. The Morgan fingerprint density at radius 2 is 1.71 bits per heavy atom. The molecule has 0 spiro atoms. The summed E-state index contributed by atoms with van der Waals surface area (Å²) in [6.07, 6.45) is -2.36. The van der Waals surface area contributed by atoms with Crippen LogP contribution in [0.4, 0.5) is 0 Å². The molecule has 2 aliphatic rings. The summed E-state index contributed by atoms with van der Waals surface area (Å²) in [5.41, 5.74) is 0. The number of sulfonamides is 1. The lowest BCUT2D eigenvalue weighted by molar-refractivity contribution is -0.175. The highest BCUT2D eigenvalue weighted by Gasteiger charge is 2.54. The van der Waals surface area contributed by atoms with Crippen LogP contribution in [0, 0.1) is 0 Å². The van der Waals surface area contributed by atoms with Gasteiger partial charge < -0.3 is 28.4 Å². The molecule has 0 radical (unpaired) electrons. The van der Waals surface area contributed by atoms with E-state index in [1.807, 2.05) is 0 Å². The first-order valence-electron chi connectivity index (χ1n) is 9.79. The minimum Gasteiger partial charge on any atom is -0.497 e. The van der Waals surface area contributed by atoms with Crippen LogP contribution in [0.2, 0.25) is 0 Å². The van der Waals surface area contributed by atoms with E-state index in [1.165, 1.54) is 38.5 Å². The largest absolute Gasteiger partial charge is 0.497 e. The van der Waals surface area contributed by atoms with E-state index in [2.05, 4.69) is 4.72 Å². The van der Waals surface area contributed by atoms with E-state index in [1.54, 1.807) is 27.7 Å². The Hall–Kier alpha value is -1.76. The van der Waals surface area contributed by atoms with E-state index in [0.717, 1.165) is 0 Å². The lowest BCUT2D eigenvalue weighted by Crippen LogP contribution is -2.55. The highest BCUT2D eigenvalue weighted by Crippen LogP contribution is 2.37. The van der Waals surface area contributed by atoms with Gasteiger partial charge in [0.25, 0.3) is 0 Å². The fourth-order valence-corrected chi connectivity index (χ4v) is 4.80. The Morgan fingerprint density at radius 1 is 1.06 bits per heavy atom. The monoisotopic (exact) mass is 459 g/mol. The van der Waals surface area contributed by atoms with Gasteiger partial charge in [0.2, 0.25) is 10.0 Å². The normalized spacial score (nSPS) is 28.3. The van der Waals surface area contributed by atoms with Gasteiger partial charge in [-0.3, -0.25) is 4.79 Å². The SMILES string of the molecule is COC(=O)[C@H](NS(=O)(=O)c1ccc(OC)cc1)[C@@H]1OC(C)(C)O[C@H]1[C@@H]1COC(C)(C)O1. The third kappa shape index (κ3) is 5.36. The van der Waals surface area contributed by atoms with Crippen LogP contribution in [0.5, 0.6) is 5.75 Å². The second kappa shape index (κ2) is 8.64. The molecule has 10 nitrogen and oxygen atoms in total. The van der Waals surface area contributed by atoms with E-state index >= 15 is 0 Å². The predicted molar refractivity (Wildman–Crippen MR) is 108 cm³/mol. The average molecular weight is 460 g/mol. The van der Waals surface area contributed by atoms with Crippen molar-refractivity contribution in [3.05, 3.63) is 24.3 Å². The molecule has 2 saturated heterocycles. The molecule has 1 N–H and O–H groups in total. The Kier molecular flexibility index (Phi) is 6.66. The number of esters is 1. The summed E-state index contributed by atoms with van der Waals surface area (Å²) in [5.74, 6) is -2.23. The highest BCUT2D eigenvalue weighted by molar-refractivity contribution is 7.89. The summed E-state index contributed by atoms with van der Waals surface area (Å²) in [7, 11) is -1.45. The summed E-state index contributed by atoms with van der Waals surface area (Å²) in [4.78, 5) is 12.6. The van der Waals surface area contributed by atoms with Crippen molar-refractivity contribution >= 4 is 16.0 Å². The van der Waals surface area contributed by atoms with Crippen molar-refractivity contribution in [2.75, 3.05) is 20.8 Å². The number of ether oxygens (including phenoxy) is 6. The van der Waals surface area contributed by atoms with Gasteiger partial charge in [0, 0.05) is 0 Å². The maximum atomic E-state index is 13.0. The topological polar surface area (TPSA) is 119 Å². The third-order valence-electron chi connectivity index (χ3n) is 5.00. The molecule has 1 aromatic rings. The Morgan fingerprint density at radius 3 is 2.23 bits per heavy atom. The van der Waals surface area contributed by atoms with Crippen LogP contribution in [0.15, 0.2) is 29.2 Å². The first-order chi connectivity index (χ1) is 14.4. The lowest BCUT2D eigenvalue weighted by atomic mass is 10.0. The van der Waals surface area contributed by atoms with Gasteiger partial charge in [-0.15, -0.1) is 0 Å². The number of hydrogen-bond acceptors (Lipinski definition) is 9. The molecule has 11 heteroatoms. The maximum Gasteiger partial charge on any atom is 0.326 e. The number of carbonyl (C=O) groups excluding carboxylic acids is 1. The van der Waals surface area contributed by atoms with Gasteiger partial charge in [-0.25, -0.2) is 8.42 Å². The number of methoxy groups -OCH3 is 2. The summed E-state index contributed by atoms with van der Waals surface area (Å²) >= 11 is 0. The molecule has 174 valence electrons. The molecule has 4 atom stereocenters. The number of rotatable bonds is 7. The van der Waals surface area contributed by atoms with Gasteiger partial charge in [-0.2, -0.15) is 4.72 Å². The Bertz CT molecular complexity index is 898. The number of hydrogen-bond donors (Lipinski definition) is 1. The molecular formula is C20H29NO9S. The summed E-state index contributed by atoms with van der Waals surface area (Å²) in [6.45, 7) is 7.06. The van der Waals surface area contributed by atoms with Gasteiger partial charge in [0.15, 0.2) is 11.6 Å². The molecule has 0 unspecified atom stereocenters. The first-order valence-corrected chi connectivity index (χ1v) is 11.3. The fourth-order valence-electron chi connectivity index (χ4n) is 3.61. The Balaban J connectivity index is 1.90. The van der Waals surface area contributed by atoms with Crippen LogP contribution in [0.3, 0.4) is 0 Å². The maximum absolute atomic E-state index is 13.0. The summed E-state index contributed by atoms with van der Waals surface area (Å²) in [6, 6.07) is 4.39. The van der Waals surface area contributed by atoms with Crippen molar-refractivity contribution in [3.8, 4) is 5.75 Å². The summed E-state index contributed by atoms with van der Waals surface area (Å²) < 4.78 is 61.8. The quantitative estimate of drug-likeness (QED) is 0.600. The zero-order valence-corrected chi connectivity index (χ0v) is 19.2. The van der Waals surface area contributed by atoms with E-state index in [9.17, 15) is 13.2 Å². The molecule has 2 fully saturated rings. The van der Waals surface area contributed by atoms with E-state index in [-0.39, 0.29) is 11.5 Å². The molecular weight excluding hydrogens is 430 g/mol. The van der Waals surface area contributed by atoms with Crippen molar-refractivity contribution < 1.29 is 41.6 Å². The fraction of sp³-hybridized carbons (Fsp3) is 0.650. The minimum absolute atomic E-state index is 0.0430. The molecule has 0 aromatic heterocycles. The van der Waals surface area contributed by atoms with Crippen molar-refractivity contribution in [2.24, 2.45) is 0 Å². The van der Waals surface area contributed by atoms with Crippen LogP contribution < -0.4 is 9.46 Å². The van der Waals surface area contributed by atoms with Crippen LogP contribution >= 0.6 is 0 Å². The minimum atomic E-state index is -4.10. The smallest absolute Gasteiger partial charge is 0.326 e. The van der Waals surface area contributed by atoms with Gasteiger partial charge in [-0.1, -0.05) is 0 Å². The van der Waals surface area contributed by atoms with E-state index in [0.29, 0.717) is 5.75 Å². The van der Waals surface area contributed by atoms with Gasteiger partial charge in [0.1, 0.15) is 30.1 Å². The number of benzene rings is 1. The zero-order valence-electron chi connectivity index (χ0n) is 18.4. The molecule has 3 rings (SSSR count). The number of carbonyl (C=O) groups is 1. The molecule has 0 amide bonds. The molecule has 1 aromatic carbocycles. The van der Waals surface area contributed by atoms with Gasteiger partial charge in [0.05, 0.1) is 25.7 Å². The molecule has 2 heterocycles. The molecule has 31 heavy (non-hydrogen) atoms. The van der Waals surface area contributed by atoms with E-state index < -0.39 is 51.9 Å². The molecule has 2 aliphatic heterocycles. The Labute approximate surface area is 182 Å². The van der Waals surface area contributed by atoms with Gasteiger partial charge in [-0.05, 0) is 52.0 Å². The third-order valence-corrected chi connectivity index (χ3v) is 6.45. The summed E-state index contributed by atoms with van der Waals surface area (Å²) in [5, 5.41) is 0. The van der Waals surface area contributed by atoms with Crippen LogP contribution in [0.1, 0.15) is 27.7 Å². The second-order valence-corrected chi connectivity index (χ2v) is 9.94. The van der Waals surface area contributed by atoms with Crippen molar-refractivity contribution in [1.29, 1.82) is 0 Å².